The van der Waals surface area contributed by atoms with Gasteiger partial charge in [0.2, 0.25) is 5.91 Å². The van der Waals surface area contributed by atoms with E-state index in [1.54, 1.807) is 24.4 Å². The quantitative estimate of drug-likeness (QED) is 0.310. The highest BCUT2D eigenvalue weighted by atomic mass is 19.4. The van der Waals surface area contributed by atoms with Crippen molar-refractivity contribution in [1.29, 1.82) is 0 Å². The number of nitrogens with zero attached hydrogens (tertiary/aromatic N) is 6. The van der Waals surface area contributed by atoms with Crippen LogP contribution in [0.15, 0.2) is 55.0 Å². The van der Waals surface area contributed by atoms with Crippen LogP contribution in [0.5, 0.6) is 5.75 Å². The van der Waals surface area contributed by atoms with E-state index in [1.165, 1.54) is 12.0 Å². The lowest BCUT2D eigenvalue weighted by molar-refractivity contribution is -0.141. The Morgan fingerprint density at radius 1 is 1.07 bits per heavy atom. The maximum Gasteiger partial charge on any atom is 0.433 e. The van der Waals surface area contributed by atoms with Gasteiger partial charge < -0.3 is 10.1 Å². The molecular formula is C30H29F3N8O4. The summed E-state index contributed by atoms with van der Waals surface area (Å²) >= 11 is 0. The van der Waals surface area contributed by atoms with Crippen LogP contribution in [0.4, 0.5) is 29.5 Å². The number of hydrogen-bond donors (Lipinski definition) is 2. The van der Waals surface area contributed by atoms with Gasteiger partial charge in [-0.25, -0.2) is 9.78 Å². The van der Waals surface area contributed by atoms with Gasteiger partial charge in [0.25, 0.3) is 5.91 Å². The number of amides is 4. The molecular weight excluding hydrogens is 593 g/mol. The van der Waals surface area contributed by atoms with Gasteiger partial charge in [0.05, 0.1) is 29.9 Å². The van der Waals surface area contributed by atoms with Crippen molar-refractivity contribution in [2.45, 2.75) is 38.0 Å². The van der Waals surface area contributed by atoms with E-state index >= 15 is 0 Å². The maximum absolute atomic E-state index is 12.8. The van der Waals surface area contributed by atoms with Crippen LogP contribution in [0.2, 0.25) is 0 Å². The number of ether oxygens (including phenoxy) is 1. The smallest absolute Gasteiger partial charge is 0.433 e. The molecule has 0 aliphatic carbocycles. The van der Waals surface area contributed by atoms with Gasteiger partial charge in [-0.1, -0.05) is 6.07 Å². The lowest BCUT2D eigenvalue weighted by atomic mass is 10.0. The van der Waals surface area contributed by atoms with E-state index in [-0.39, 0.29) is 23.9 Å². The Balaban J connectivity index is 1.07. The number of anilines is 2. The summed E-state index contributed by atoms with van der Waals surface area (Å²) in [4.78, 5) is 47.8. The minimum atomic E-state index is -4.59. The number of rotatable bonds is 7. The first-order valence-corrected chi connectivity index (χ1v) is 14.3. The van der Waals surface area contributed by atoms with Gasteiger partial charge in [-0.3, -0.25) is 34.4 Å². The molecule has 4 aromatic rings. The number of hydrogen-bond acceptors (Lipinski definition) is 8. The molecule has 0 radical (unpaired) electrons. The topological polar surface area (TPSA) is 135 Å². The van der Waals surface area contributed by atoms with E-state index < -0.39 is 23.8 Å². The van der Waals surface area contributed by atoms with Crippen LogP contribution in [-0.2, 0) is 17.5 Å². The molecule has 0 bridgehead atoms. The van der Waals surface area contributed by atoms with E-state index in [0.717, 1.165) is 55.2 Å². The number of aromatic nitrogens is 4. The van der Waals surface area contributed by atoms with E-state index in [4.69, 9.17) is 9.84 Å². The van der Waals surface area contributed by atoms with Crippen molar-refractivity contribution >= 4 is 40.3 Å². The minimum absolute atomic E-state index is 0.0218. The van der Waals surface area contributed by atoms with Crippen molar-refractivity contribution in [3.8, 4) is 5.75 Å². The molecule has 4 amide bonds. The lowest BCUT2D eigenvalue weighted by Gasteiger charge is -2.32. The van der Waals surface area contributed by atoms with Crippen LogP contribution in [0.1, 0.15) is 46.9 Å². The zero-order chi connectivity index (χ0) is 31.7. The van der Waals surface area contributed by atoms with Crippen molar-refractivity contribution in [3.63, 3.8) is 0 Å². The second-order valence-electron chi connectivity index (χ2n) is 10.9. The van der Waals surface area contributed by atoms with Crippen molar-refractivity contribution in [3.05, 3.63) is 71.8 Å². The Labute approximate surface area is 255 Å². The first-order valence-electron chi connectivity index (χ1n) is 14.3. The number of pyridine rings is 2. The average Bonchev–Trinajstić information content (AvgIpc) is 3.44. The molecule has 45 heavy (non-hydrogen) atoms. The van der Waals surface area contributed by atoms with E-state index in [9.17, 15) is 27.6 Å². The number of fused-ring (bicyclic) bond motifs is 1. The standard InChI is InChI=1S/C30H29F3N8O4/c1-45-24-13-22-20(12-23(24)36-28(43)19-3-4-25(34-15-19)30(31,32)33)17-41(38-22)21-6-9-39(10-7-21)16-18-2-5-26(35-14-18)40-11-8-27(42)37-29(40)44/h2-5,12-15,17,21H,6-11,16H2,1H3,(H,36,43)(H,37,42,44). The fourth-order valence-electron chi connectivity index (χ4n) is 5.47. The predicted molar refractivity (Wildman–Crippen MR) is 157 cm³/mol. The Kier molecular flexibility index (Phi) is 8.10. The summed E-state index contributed by atoms with van der Waals surface area (Å²) in [6, 6.07) is 8.71. The summed E-state index contributed by atoms with van der Waals surface area (Å²) in [5.74, 6) is -0.0359. The van der Waals surface area contributed by atoms with Crippen LogP contribution >= 0.6 is 0 Å². The molecule has 2 aliphatic rings. The monoisotopic (exact) mass is 622 g/mol. The highest BCUT2D eigenvalue weighted by Gasteiger charge is 2.32. The molecule has 0 atom stereocenters. The van der Waals surface area contributed by atoms with E-state index in [1.807, 2.05) is 16.9 Å². The summed E-state index contributed by atoms with van der Waals surface area (Å²) in [6.07, 6.45) is 1.93. The number of nitrogens with one attached hydrogen (secondary N) is 2. The third-order valence-corrected chi connectivity index (χ3v) is 7.88. The molecule has 3 aromatic heterocycles. The number of piperidine rings is 1. The number of urea groups is 1. The van der Waals surface area contributed by atoms with Gasteiger partial charge in [0.15, 0.2) is 0 Å². The number of carbonyl (C=O) groups excluding carboxylic acids is 3. The molecule has 2 N–H and O–H groups in total. The molecule has 15 heteroatoms. The molecule has 0 saturated carbocycles. The SMILES string of the molecule is COc1cc2nn(C3CCN(Cc4ccc(N5CCC(=O)NC5=O)nc4)CC3)cc2cc1NC(=O)c1ccc(C(F)(F)F)nc1. The summed E-state index contributed by atoms with van der Waals surface area (Å²) in [5.41, 5.74) is 0.961. The molecule has 5 heterocycles. The second-order valence-corrected chi connectivity index (χ2v) is 10.9. The summed E-state index contributed by atoms with van der Waals surface area (Å²) in [6.45, 7) is 2.69. The number of alkyl halides is 3. The normalized spacial score (nSPS) is 16.6. The predicted octanol–water partition coefficient (Wildman–Crippen LogP) is 4.39. The molecule has 0 spiro atoms. The molecule has 2 saturated heterocycles. The van der Waals surface area contributed by atoms with Gasteiger partial charge in [0, 0.05) is 62.6 Å². The molecule has 12 nitrogen and oxygen atoms in total. The number of halogens is 3. The molecule has 234 valence electrons. The van der Waals surface area contributed by atoms with Crippen LogP contribution in [0.3, 0.4) is 0 Å². The zero-order valence-corrected chi connectivity index (χ0v) is 24.2. The number of benzene rings is 1. The number of imide groups is 1. The third kappa shape index (κ3) is 6.57. The Morgan fingerprint density at radius 3 is 2.51 bits per heavy atom. The third-order valence-electron chi connectivity index (χ3n) is 7.88. The van der Waals surface area contributed by atoms with Gasteiger partial charge in [-0.15, -0.1) is 0 Å². The maximum atomic E-state index is 12.8. The van der Waals surface area contributed by atoms with Crippen LogP contribution in [0.25, 0.3) is 10.9 Å². The van der Waals surface area contributed by atoms with Gasteiger partial charge in [-0.2, -0.15) is 18.3 Å². The van der Waals surface area contributed by atoms with Crippen LogP contribution < -0.4 is 20.3 Å². The number of likely N-dealkylation sites (tertiary alicyclic amines) is 1. The largest absolute Gasteiger partial charge is 0.494 e. The first-order chi connectivity index (χ1) is 21.6. The van der Waals surface area contributed by atoms with Crippen molar-refractivity contribution < 1.29 is 32.3 Å². The number of carbonyl (C=O) groups is 3. The van der Waals surface area contributed by atoms with Crippen molar-refractivity contribution in [1.82, 2.24) is 30.0 Å². The van der Waals surface area contributed by atoms with Crippen LogP contribution in [0, 0.1) is 0 Å². The van der Waals surface area contributed by atoms with Crippen molar-refractivity contribution in [2.75, 3.05) is 37.0 Å². The second kappa shape index (κ2) is 12.1. The molecule has 2 fully saturated rings. The molecule has 1 aromatic carbocycles. The zero-order valence-electron chi connectivity index (χ0n) is 24.2. The Morgan fingerprint density at radius 2 is 1.87 bits per heavy atom. The summed E-state index contributed by atoms with van der Waals surface area (Å²) in [7, 11) is 1.46. The average molecular weight is 623 g/mol. The first kappa shape index (κ1) is 30.0. The van der Waals surface area contributed by atoms with Gasteiger partial charge >= 0.3 is 12.2 Å². The van der Waals surface area contributed by atoms with Gasteiger partial charge in [-0.05, 0) is 42.7 Å². The van der Waals surface area contributed by atoms with E-state index in [0.29, 0.717) is 35.9 Å². The highest BCUT2D eigenvalue weighted by Crippen LogP contribution is 2.33. The molecule has 6 rings (SSSR count). The van der Waals surface area contributed by atoms with Crippen LogP contribution in [-0.4, -0.2) is 69.2 Å². The fraction of sp³-hybridized carbons (Fsp3) is 0.333. The Hall–Kier alpha value is -5.05. The minimum Gasteiger partial charge on any atom is -0.494 e. The molecule has 0 unspecified atom stereocenters. The van der Waals surface area contributed by atoms with Gasteiger partial charge in [0.1, 0.15) is 17.3 Å². The lowest BCUT2D eigenvalue weighted by Crippen LogP contribution is -2.49. The highest BCUT2D eigenvalue weighted by molar-refractivity contribution is 6.06. The summed E-state index contributed by atoms with van der Waals surface area (Å²) < 4.78 is 45.9. The van der Waals surface area contributed by atoms with Crippen molar-refractivity contribution in [2.24, 2.45) is 0 Å². The molecule has 2 aliphatic heterocycles. The number of methoxy groups -OCH3 is 1. The summed E-state index contributed by atoms with van der Waals surface area (Å²) in [5, 5.41) is 10.5. The fourth-order valence-corrected chi connectivity index (χ4v) is 5.47. The van der Waals surface area contributed by atoms with E-state index in [2.05, 4.69) is 25.5 Å². The Bertz CT molecular complexity index is 1730.